The second-order valence-corrected chi connectivity index (χ2v) is 15.9. The fourth-order valence-electron chi connectivity index (χ4n) is 5.18. The zero-order valence-corrected chi connectivity index (χ0v) is 39.9. The molecule has 0 aromatic heterocycles. The van der Waals surface area contributed by atoms with Crippen molar-refractivity contribution in [2.75, 3.05) is 11.1 Å². The third-order valence-electron chi connectivity index (χ3n) is 7.78. The van der Waals surface area contributed by atoms with E-state index < -0.39 is 78.6 Å². The molecule has 26 heteroatoms. The van der Waals surface area contributed by atoms with Crippen molar-refractivity contribution in [3.8, 4) is 17.2 Å². The molecule has 0 saturated heterocycles. The summed E-state index contributed by atoms with van der Waals surface area (Å²) in [6, 6.07) is 22.3. The number of phenolic OH excluding ortho intramolecular Hbond substituents is 3. The number of aromatic hydroxyl groups is 3. The number of rotatable bonds is 11. The maximum absolute atomic E-state index is 12.5. The number of nitrogens with one attached hydrogen (secondary N) is 1. The molecule has 0 aliphatic rings. The molecule has 3 radical (unpaired) electrons. The molecule has 9 N–H and O–H groups in total. The number of benzene rings is 6. The van der Waals surface area contributed by atoms with Crippen molar-refractivity contribution in [1.29, 1.82) is 0 Å². The van der Waals surface area contributed by atoms with Gasteiger partial charge in [0.05, 0.1) is 33.8 Å². The first-order valence-electron chi connectivity index (χ1n) is 15.7. The molecule has 0 spiro atoms. The van der Waals surface area contributed by atoms with Gasteiger partial charge in [-0.05, 0) is 84.2 Å². The Morgan fingerprint density at radius 2 is 1.03 bits per heavy atom. The number of phenols is 3. The van der Waals surface area contributed by atoms with Gasteiger partial charge in [-0.3, -0.25) is 13.7 Å². The Labute approximate surface area is 407 Å². The van der Waals surface area contributed by atoms with Gasteiger partial charge in [0.2, 0.25) is 0 Å². The maximum atomic E-state index is 12.5. The summed E-state index contributed by atoms with van der Waals surface area (Å²) in [4.78, 5) is -2.70. The third-order valence-corrected chi connectivity index (χ3v) is 10.4. The Morgan fingerprint density at radius 1 is 0.517 bits per heavy atom. The molecule has 0 bridgehead atoms. The number of nitrogens with zero attached hydrogens (tertiary/aromatic N) is 6. The number of hydrogen-bond donors (Lipinski definition) is 8. The average Bonchev–Trinajstić information content (AvgIpc) is 3.13. The topological polar surface area (TPSA) is 336 Å². The van der Waals surface area contributed by atoms with E-state index >= 15 is 0 Å². The van der Waals surface area contributed by atoms with Gasteiger partial charge in [-0.25, -0.2) is 0 Å². The van der Waals surface area contributed by atoms with E-state index in [-0.39, 0.29) is 123 Å². The molecule has 0 atom stereocenters. The number of nitrogen functional groups attached to an aromatic ring is 1. The van der Waals surface area contributed by atoms with Crippen LogP contribution < -0.4 is 11.1 Å². The second kappa shape index (κ2) is 20.3. The Kier molecular flexibility index (Phi) is 17.1. The van der Waals surface area contributed by atoms with Crippen molar-refractivity contribution < 1.29 is 54.2 Å². The van der Waals surface area contributed by atoms with Crippen LogP contribution in [0.4, 0.5) is 51.2 Å². The van der Waals surface area contributed by atoms with Crippen molar-refractivity contribution in [3.05, 3.63) is 103 Å². The molecule has 6 aromatic rings. The molecular formula is C34H26N8Na3O12S3. The van der Waals surface area contributed by atoms with Crippen LogP contribution in [0.5, 0.6) is 17.2 Å². The molecule has 6 rings (SSSR count). The van der Waals surface area contributed by atoms with Crippen LogP contribution in [0.15, 0.2) is 149 Å². The van der Waals surface area contributed by atoms with E-state index in [2.05, 4.69) is 36.0 Å². The molecule has 0 unspecified atom stereocenters. The molecule has 0 aliphatic carbocycles. The van der Waals surface area contributed by atoms with Crippen LogP contribution in [0, 0.1) is 0 Å². The van der Waals surface area contributed by atoms with E-state index in [0.717, 1.165) is 18.2 Å². The number of fused-ring (bicyclic) bond motifs is 1. The number of nitrogens with two attached hydrogens (primary N) is 1. The van der Waals surface area contributed by atoms with Crippen LogP contribution in [0.25, 0.3) is 10.8 Å². The van der Waals surface area contributed by atoms with E-state index in [1.54, 1.807) is 18.2 Å². The number of anilines is 3. The van der Waals surface area contributed by atoms with Crippen LogP contribution in [0.1, 0.15) is 0 Å². The smallest absolute Gasteiger partial charge is 0.296 e. The molecular weight excluding hydrogens is 878 g/mol. The van der Waals surface area contributed by atoms with Gasteiger partial charge < -0.3 is 26.4 Å². The summed E-state index contributed by atoms with van der Waals surface area (Å²) >= 11 is 0. The summed E-state index contributed by atoms with van der Waals surface area (Å²) in [5.74, 6) is -1.44. The zero-order chi connectivity index (χ0) is 41.3. The standard InChI is InChI=1S/C34H26N8O12S3.3Na/c35-31-30-18(15-29(57(52,53)54)33(34(30)45)42-38-20-4-2-1-3-5-20)14-28(56(49,50)51)32(31)41-39-22-10-12-25(27(16-22)55(46,47)48)36-19-6-8-21(9-7-19)37-40-24-13-11-23(43)17-26(24)44;;;/h1-17,36,43-45H,35H2,(H,46,47,48)(H,49,50,51)(H,52,53,54);;;. The molecule has 60 heavy (non-hydrogen) atoms. The van der Waals surface area contributed by atoms with Crippen molar-refractivity contribution in [1.82, 2.24) is 0 Å². The molecule has 0 saturated carbocycles. The van der Waals surface area contributed by atoms with Crippen molar-refractivity contribution in [2.24, 2.45) is 30.7 Å². The van der Waals surface area contributed by atoms with Crippen LogP contribution in [-0.2, 0) is 30.4 Å². The van der Waals surface area contributed by atoms with E-state index in [1.807, 2.05) is 0 Å². The Balaban J connectivity index is 0.00000320. The predicted molar refractivity (Wildman–Crippen MR) is 222 cm³/mol. The van der Waals surface area contributed by atoms with Gasteiger partial charge in [0.15, 0.2) is 5.75 Å². The molecule has 0 heterocycles. The van der Waals surface area contributed by atoms with Crippen LogP contribution in [-0.4, -0.2) is 143 Å². The summed E-state index contributed by atoms with van der Waals surface area (Å²) in [7, 11) is -15.3. The summed E-state index contributed by atoms with van der Waals surface area (Å²) in [6.07, 6.45) is 0. The van der Waals surface area contributed by atoms with Gasteiger partial charge in [0.1, 0.15) is 43.2 Å². The number of hydrogen-bond acceptors (Lipinski definition) is 17. The van der Waals surface area contributed by atoms with Gasteiger partial charge in [-0.2, -0.15) is 40.6 Å². The molecule has 0 amide bonds. The molecule has 20 nitrogen and oxygen atoms in total. The Hall–Kier alpha value is -3.89. The van der Waals surface area contributed by atoms with Gasteiger partial charge in [0, 0.05) is 100 Å². The zero-order valence-electron chi connectivity index (χ0n) is 31.4. The first-order chi connectivity index (χ1) is 26.8. The summed E-state index contributed by atoms with van der Waals surface area (Å²) in [5.41, 5.74) is 4.55. The van der Waals surface area contributed by atoms with Crippen molar-refractivity contribution >= 4 is 181 Å². The predicted octanol–water partition coefficient (Wildman–Crippen LogP) is 7.13. The van der Waals surface area contributed by atoms with E-state index in [9.17, 15) is 54.2 Å². The van der Waals surface area contributed by atoms with E-state index in [1.165, 1.54) is 60.7 Å². The van der Waals surface area contributed by atoms with Crippen LogP contribution in [0.3, 0.4) is 0 Å². The third kappa shape index (κ3) is 11.9. The quantitative estimate of drug-likeness (QED) is 0.0278. The van der Waals surface area contributed by atoms with Crippen LogP contribution >= 0.6 is 0 Å². The number of azo groups is 3. The monoisotopic (exact) mass is 903 g/mol. The minimum atomic E-state index is -5.21. The first kappa shape index (κ1) is 50.5. The molecule has 0 fully saturated rings. The SMILES string of the molecule is Nc1c(N=Nc2ccc(Nc3ccc(N=Nc4ccc(O)cc4O)cc3)c(S(=O)(=O)O)c2)c(S(=O)(=O)O)cc2cc(S(=O)(=O)O)c(N=Nc3ccccc3)c(O)c12.[Na].[Na].[Na]. The minimum Gasteiger partial charge on any atom is -0.508 e. The molecule has 295 valence electrons. The molecule has 0 aliphatic heterocycles. The minimum absolute atomic E-state index is 0. The second-order valence-electron chi connectivity index (χ2n) is 11.7. The van der Waals surface area contributed by atoms with Crippen LogP contribution in [0.2, 0.25) is 0 Å². The fraction of sp³-hybridized carbons (Fsp3) is 0. The largest absolute Gasteiger partial charge is 0.508 e. The summed E-state index contributed by atoms with van der Waals surface area (Å²) < 4.78 is 104. The van der Waals surface area contributed by atoms with Crippen molar-refractivity contribution in [2.45, 2.75) is 14.7 Å². The van der Waals surface area contributed by atoms with E-state index in [0.29, 0.717) is 17.4 Å². The van der Waals surface area contributed by atoms with Crippen molar-refractivity contribution in [3.63, 3.8) is 0 Å². The Bertz CT molecular complexity index is 3020. The van der Waals surface area contributed by atoms with E-state index in [4.69, 9.17) is 5.73 Å². The fourth-order valence-corrected chi connectivity index (χ4v) is 7.17. The molecule has 6 aromatic carbocycles. The summed E-state index contributed by atoms with van der Waals surface area (Å²) in [6.45, 7) is 0. The van der Waals surface area contributed by atoms with Gasteiger partial charge in [0.25, 0.3) is 30.4 Å². The van der Waals surface area contributed by atoms with Gasteiger partial charge in [-0.15, -0.1) is 15.3 Å². The Morgan fingerprint density at radius 3 is 1.62 bits per heavy atom. The van der Waals surface area contributed by atoms with Gasteiger partial charge >= 0.3 is 0 Å². The average molecular weight is 904 g/mol. The maximum Gasteiger partial charge on any atom is 0.296 e. The van der Waals surface area contributed by atoms with Gasteiger partial charge in [-0.1, -0.05) is 18.2 Å². The normalized spacial score (nSPS) is 12.0. The first-order valence-corrected chi connectivity index (χ1v) is 20.0. The summed E-state index contributed by atoms with van der Waals surface area (Å²) in [5, 5.41) is 55.7.